The van der Waals surface area contributed by atoms with Crippen molar-refractivity contribution in [3.8, 4) is 23.8 Å². The third-order valence-electron chi connectivity index (χ3n) is 19.4. The minimum atomic E-state index is -2.63. The monoisotopic (exact) mass is 1810 g/mol. The van der Waals surface area contributed by atoms with Crippen molar-refractivity contribution in [1.29, 1.82) is 0 Å². The Kier molecular flexibility index (Phi) is 36.5. The topological polar surface area (TPSA) is 382 Å². The lowest BCUT2D eigenvalue weighted by molar-refractivity contribution is -0.155. The number of aryl methyl sites for hydroxylation is 4. The number of aliphatic hydroxyl groups is 1. The SMILES string of the molecule is CC(=O)CCc1cc(NC2CCC(F)(F)CC2)nc(-n2ccc(CF)n2)n1.CC(=O)Cl.CC(C)(C)OC(=O)CCc1cc(NC2CCC(F)(F)CC2)nc(-n2ccc(CF)n2)n1.CC(C)(C)OC(=O)CCc1cc(NC2CCC(F)(F)CC2)nc(-n2ccc(CO)n2)n1.CCOC(=O)c1ccn(-c2nc(CCC(=O)OC(C)(C)C)cc(NC3CCC(F)(F)CC3)n2)n1. The highest BCUT2D eigenvalue weighted by atomic mass is 35.5. The number of nitrogens with one attached hydrogen (secondary N) is 4. The molecule has 0 radical (unpaired) electrons. The van der Waals surface area contributed by atoms with Crippen LogP contribution in [0.25, 0.3) is 23.8 Å². The molecule has 4 aliphatic rings. The first-order valence-corrected chi connectivity index (χ1v) is 42.5. The summed E-state index contributed by atoms with van der Waals surface area (Å²) in [6.45, 7) is 19.3. The molecule has 0 bridgehead atoms. The smallest absolute Gasteiger partial charge is 0.358 e. The second-order valence-electron chi connectivity index (χ2n) is 34.3. The first-order chi connectivity index (χ1) is 59.6. The Labute approximate surface area is 734 Å². The van der Waals surface area contributed by atoms with Crippen LogP contribution in [-0.4, -0.2) is 190 Å². The maximum absolute atomic E-state index is 13.5. The molecule has 4 fully saturated rings. The van der Waals surface area contributed by atoms with Crippen molar-refractivity contribution >= 4 is 69.8 Å². The first kappa shape index (κ1) is 102. The van der Waals surface area contributed by atoms with Crippen LogP contribution in [-0.2, 0) is 88.6 Å². The first-order valence-electron chi connectivity index (χ1n) is 42.1. The molecule has 0 aromatic carbocycles. The Hall–Kier alpha value is -10.9. The van der Waals surface area contributed by atoms with Gasteiger partial charge in [-0.05, 0) is 170 Å². The third-order valence-corrected chi connectivity index (χ3v) is 19.4. The molecule has 0 spiro atoms. The Morgan fingerprint density at radius 2 is 0.661 bits per heavy atom. The van der Waals surface area contributed by atoms with E-state index in [4.69, 9.17) is 18.9 Å². The number of hydrogen-bond acceptors (Lipinski definition) is 27. The minimum absolute atomic E-state index is 0.0398. The van der Waals surface area contributed by atoms with Crippen LogP contribution in [0.3, 0.4) is 0 Å². The molecule has 0 aliphatic heterocycles. The Balaban J connectivity index is 0.000000207. The van der Waals surface area contributed by atoms with E-state index < -0.39 is 59.8 Å². The van der Waals surface area contributed by atoms with Crippen molar-refractivity contribution in [2.45, 2.75) is 322 Å². The van der Waals surface area contributed by atoms with E-state index in [0.29, 0.717) is 129 Å². The summed E-state index contributed by atoms with van der Waals surface area (Å²) in [6.07, 6.45) is 9.65. The number of esters is 4. The van der Waals surface area contributed by atoms with Crippen molar-refractivity contribution in [3.63, 3.8) is 0 Å². The second kappa shape index (κ2) is 45.7. The number of carbonyl (C=O) groups excluding carboxylic acids is 6. The number of alkyl halides is 10. The lowest BCUT2D eigenvalue weighted by Gasteiger charge is -2.29. The number of ether oxygens (including phenoxy) is 4. The average Bonchev–Trinajstić information content (AvgIpc) is 1.83. The molecule has 0 amide bonds. The normalized spacial score (nSPS) is 16.4. The molecule has 4 saturated carbocycles. The largest absolute Gasteiger partial charge is 0.461 e. The molecular formula is C85H113ClF10N20O11. The number of aromatic nitrogens is 16. The molecule has 8 aromatic heterocycles. The molecule has 8 heterocycles. The van der Waals surface area contributed by atoms with Crippen molar-refractivity contribution in [2.75, 3.05) is 27.9 Å². The molecule has 0 atom stereocenters. The zero-order valence-corrected chi connectivity index (χ0v) is 74.1. The van der Waals surface area contributed by atoms with E-state index in [1.807, 2.05) is 0 Å². The zero-order valence-electron chi connectivity index (χ0n) is 73.4. The van der Waals surface area contributed by atoms with Gasteiger partial charge >= 0.3 is 23.9 Å². The van der Waals surface area contributed by atoms with E-state index in [0.717, 1.165) is 0 Å². The van der Waals surface area contributed by atoms with E-state index in [9.17, 15) is 77.8 Å². The summed E-state index contributed by atoms with van der Waals surface area (Å²) in [5, 5.41) is 38.3. The van der Waals surface area contributed by atoms with E-state index in [-0.39, 0.29) is 184 Å². The van der Waals surface area contributed by atoms with Gasteiger partial charge in [0.1, 0.15) is 59.2 Å². The van der Waals surface area contributed by atoms with Crippen molar-refractivity contribution < 1.29 is 96.7 Å². The van der Waals surface area contributed by atoms with Crippen LogP contribution in [0.5, 0.6) is 0 Å². The number of halogens is 11. The average molecular weight is 1820 g/mol. The van der Waals surface area contributed by atoms with Gasteiger partial charge in [-0.15, -0.1) is 0 Å². The fourth-order valence-electron chi connectivity index (χ4n) is 13.3. The predicted octanol–water partition coefficient (Wildman–Crippen LogP) is 16.3. The van der Waals surface area contributed by atoms with Gasteiger partial charge in [-0.25, -0.2) is 87.4 Å². The summed E-state index contributed by atoms with van der Waals surface area (Å²) in [6, 6.07) is 12.5. The molecule has 0 unspecified atom stereocenters. The van der Waals surface area contributed by atoms with Crippen LogP contribution in [0.1, 0.15) is 262 Å². The zero-order chi connectivity index (χ0) is 93.2. The van der Waals surface area contributed by atoms with E-state index >= 15 is 0 Å². The van der Waals surface area contributed by atoms with Gasteiger partial charge in [0.2, 0.25) is 28.9 Å². The van der Waals surface area contributed by atoms with Gasteiger partial charge < -0.3 is 50.1 Å². The van der Waals surface area contributed by atoms with Crippen LogP contribution in [0.4, 0.5) is 67.2 Å². The third kappa shape index (κ3) is 36.4. The number of Topliss-reactive ketones (excluding diaryl/α,β-unsaturated/α-hetero) is 1. The van der Waals surface area contributed by atoms with E-state index in [2.05, 4.69) is 93.1 Å². The highest BCUT2D eigenvalue weighted by Crippen LogP contribution is 2.39. The number of hydrogen-bond donors (Lipinski definition) is 5. The summed E-state index contributed by atoms with van der Waals surface area (Å²) in [5.74, 6) is -9.25. The van der Waals surface area contributed by atoms with Gasteiger partial charge in [-0.2, -0.15) is 40.3 Å². The maximum atomic E-state index is 13.5. The van der Waals surface area contributed by atoms with Crippen molar-refractivity contribution in [3.05, 3.63) is 119 Å². The fourth-order valence-corrected chi connectivity index (χ4v) is 13.3. The van der Waals surface area contributed by atoms with Crippen LogP contribution < -0.4 is 21.3 Å². The number of rotatable bonds is 29. The van der Waals surface area contributed by atoms with Gasteiger partial charge in [0, 0.05) is 180 Å². The van der Waals surface area contributed by atoms with Gasteiger partial charge in [-0.1, -0.05) is 0 Å². The fraction of sp³-hybridized carbons (Fsp3) is 0.600. The molecule has 696 valence electrons. The van der Waals surface area contributed by atoms with Crippen LogP contribution in [0, 0.1) is 0 Å². The molecule has 0 saturated heterocycles. The number of aliphatic hydroxyl groups excluding tert-OH is 1. The Bertz CT molecular complexity index is 4760. The van der Waals surface area contributed by atoms with Gasteiger partial charge in [-0.3, -0.25) is 19.2 Å². The van der Waals surface area contributed by atoms with Crippen LogP contribution in [0.2, 0.25) is 0 Å². The summed E-state index contributed by atoms with van der Waals surface area (Å²) in [4.78, 5) is 104. The lowest BCUT2D eigenvalue weighted by Crippen LogP contribution is -2.32. The quantitative estimate of drug-likeness (QED) is 0.0126. The molecule has 12 rings (SSSR count). The molecule has 127 heavy (non-hydrogen) atoms. The molecule has 5 N–H and O–H groups in total. The number of anilines is 4. The molecular weight excluding hydrogens is 1700 g/mol. The second-order valence-corrected chi connectivity index (χ2v) is 34.8. The summed E-state index contributed by atoms with van der Waals surface area (Å²) in [5.41, 5.74) is 1.67. The summed E-state index contributed by atoms with van der Waals surface area (Å²) >= 11 is 4.64. The van der Waals surface area contributed by atoms with Crippen molar-refractivity contribution in [1.82, 2.24) is 79.0 Å². The Morgan fingerprint density at radius 1 is 0.409 bits per heavy atom. The Morgan fingerprint density at radius 3 is 0.898 bits per heavy atom. The van der Waals surface area contributed by atoms with Gasteiger partial charge in [0.25, 0.3) is 23.8 Å². The highest BCUT2D eigenvalue weighted by molar-refractivity contribution is 6.62. The molecule has 42 heteroatoms. The summed E-state index contributed by atoms with van der Waals surface area (Å²) < 4.78 is 160. The number of carbonyl (C=O) groups is 6. The van der Waals surface area contributed by atoms with E-state index in [1.165, 1.54) is 57.0 Å². The molecule has 4 aliphatic carbocycles. The highest BCUT2D eigenvalue weighted by Gasteiger charge is 2.39. The number of ketones is 1. The van der Waals surface area contributed by atoms with Crippen LogP contribution >= 0.6 is 11.6 Å². The minimum Gasteiger partial charge on any atom is -0.461 e. The van der Waals surface area contributed by atoms with E-state index in [1.54, 1.807) is 118 Å². The summed E-state index contributed by atoms with van der Waals surface area (Å²) in [7, 11) is 0. The standard InChI is InChI=1S/C23H31F2N5O4.C21H28F3N5O2.C21H29F2N5O3.C18H22F3N5O.C2H3ClO/c1-5-33-20(32)17-10-13-30(29-17)21-27-16(6-7-19(31)34-22(2,3)4)14-18(28-21)26-15-8-11-23(24,25)12-9-15;1-20(2,3)31-18(30)5-4-15-12-17(25-14-6-9-21(23,24)10-7-14)27-19(26-15)29-11-8-16(13-22)28-29;1-20(2,3)31-18(30)5-4-15-12-17(24-14-6-9-21(22,23)10-7-14)26-19(25-15)28-11-8-16(13-29)27-28;1-12(27)2-3-14-10-16(22-13-4-7-18(20,21)8-5-13)24-17(23-14)26-9-6-15(11-19)25-26;1-2(3)4/h10,13-15H,5-9,11-12H2,1-4H3,(H,26,27,28);8,11-12,14H,4-7,9-10,13H2,1-3H3,(H,25,26,27);8,11-12,14,29H,4-7,9-10,13H2,1-3H3,(H,24,25,26);6,9-10,13H,2-5,7-8,11H2,1H3,(H,22,23,24);1H3. The molecule has 31 nitrogen and oxygen atoms in total. The molecule has 8 aromatic rings. The van der Waals surface area contributed by atoms with Crippen LogP contribution in [0.15, 0.2) is 73.3 Å². The maximum Gasteiger partial charge on any atom is 0.358 e. The van der Waals surface area contributed by atoms with Gasteiger partial charge in [0.05, 0.1) is 49.6 Å². The number of nitrogens with zero attached hydrogens (tertiary/aromatic N) is 16. The van der Waals surface area contributed by atoms with Crippen molar-refractivity contribution in [2.24, 2.45) is 0 Å². The lowest BCUT2D eigenvalue weighted by atomic mass is 9.92. The predicted molar refractivity (Wildman–Crippen MR) is 449 cm³/mol. The van der Waals surface area contributed by atoms with Gasteiger partial charge in [0.15, 0.2) is 5.69 Å².